The number of hydrogen-bond donors (Lipinski definition) is 0. The topological polar surface area (TPSA) is 80.3 Å². The normalized spacial score (nSPS) is 8.29. The molecule has 7 heteroatoms. The molecule has 0 aromatic rings. The van der Waals surface area contributed by atoms with Gasteiger partial charge in [0.15, 0.2) is 0 Å². The van der Waals surface area contributed by atoms with Gasteiger partial charge in [-0.1, -0.05) is 0 Å². The molecule has 0 bridgehead atoms. The third-order valence-electron chi connectivity index (χ3n) is 0. The van der Waals surface area contributed by atoms with E-state index >= 15 is 0 Å². The Morgan fingerprint density at radius 3 is 1.14 bits per heavy atom. The molecule has 1 radical (unpaired) electrons. The zero-order valence-corrected chi connectivity index (χ0v) is 6.13. The molecule has 0 aromatic carbocycles. The van der Waals surface area contributed by atoms with Crippen molar-refractivity contribution in [2.75, 3.05) is 0 Å². The van der Waals surface area contributed by atoms with E-state index in [1.54, 1.807) is 0 Å². The first-order valence-electron chi connectivity index (χ1n) is 0.667. The van der Waals surface area contributed by atoms with Gasteiger partial charge in [-0.2, -0.15) is 0 Å². The summed E-state index contributed by atoms with van der Waals surface area (Å²) in [7, 11) is 0. The van der Waals surface area contributed by atoms with Crippen molar-refractivity contribution in [3.63, 3.8) is 0 Å². The molecule has 0 atom stereocenters. The van der Waals surface area contributed by atoms with Crippen LogP contribution in [-0.4, -0.2) is 0 Å². The standard InChI is InChI=1S/ClH.2Cr.4O/h1H;;;;;;/q;;+3;;;2*-1/p-1. The Morgan fingerprint density at radius 2 is 1.14 bits per heavy atom. The molecule has 0 spiro atoms. The summed E-state index contributed by atoms with van der Waals surface area (Å²) in [5.74, 6) is 0. The van der Waals surface area contributed by atoms with Crippen LogP contribution in [0.2, 0.25) is 0 Å². The summed E-state index contributed by atoms with van der Waals surface area (Å²) in [4.78, 5) is 0. The van der Waals surface area contributed by atoms with Crippen LogP contribution in [0.1, 0.15) is 0 Å². The first kappa shape index (κ1) is 15.7. The van der Waals surface area contributed by atoms with Crippen LogP contribution in [-0.2, 0) is 38.6 Å². The third-order valence-corrected chi connectivity index (χ3v) is 0. The van der Waals surface area contributed by atoms with Crippen LogP contribution in [0.4, 0.5) is 0 Å². The Morgan fingerprint density at radius 1 is 1.14 bits per heavy atom. The predicted molar refractivity (Wildman–Crippen MR) is 1.37 cm³/mol. The maximum atomic E-state index is 8.59. The number of rotatable bonds is 0. The van der Waals surface area contributed by atoms with Crippen molar-refractivity contribution >= 4 is 0 Å². The summed E-state index contributed by atoms with van der Waals surface area (Å²) in [5, 5.41) is 0. The fourth-order valence-electron chi connectivity index (χ4n) is 0. The van der Waals surface area contributed by atoms with Gasteiger partial charge in [0.1, 0.15) is 0 Å². The number of halogens is 1. The van der Waals surface area contributed by atoms with E-state index < -0.39 is 13.6 Å². The van der Waals surface area contributed by atoms with Crippen LogP contribution < -0.4 is 20.7 Å². The molecule has 0 amide bonds. The summed E-state index contributed by atoms with van der Waals surface area (Å²) >= 11 is -5.75. The van der Waals surface area contributed by atoms with Gasteiger partial charge in [0, 0.05) is 0 Å². The van der Waals surface area contributed by atoms with Crippen molar-refractivity contribution in [2.24, 2.45) is 0 Å². The second-order valence-corrected chi connectivity index (χ2v) is 1.68. The van der Waals surface area contributed by atoms with Crippen LogP contribution >= 0.6 is 0 Å². The molecule has 43 valence electrons. The van der Waals surface area contributed by atoms with Crippen molar-refractivity contribution in [2.45, 2.75) is 0 Å². The molecule has 0 rings (SSSR count). The zero-order chi connectivity index (χ0) is 4.50. The van der Waals surface area contributed by atoms with Crippen LogP contribution in [0.5, 0.6) is 0 Å². The van der Waals surface area contributed by atoms with Gasteiger partial charge in [-0.25, -0.2) is 0 Å². The SMILES string of the molecule is [Cl-].[Cr+3].[O]=[Cr](=[O])([O-])[O-]. The molecule has 4 nitrogen and oxygen atoms in total. The minimum atomic E-state index is -5.75. The van der Waals surface area contributed by atoms with Gasteiger partial charge >= 0.3 is 46.9 Å². The Balaban J connectivity index is -0.0000000800. The minimum absolute atomic E-state index is 0. The van der Waals surface area contributed by atoms with Crippen LogP contribution in [0, 0.1) is 0 Å². The Bertz CT molecular complexity index is 92.9. The summed E-state index contributed by atoms with van der Waals surface area (Å²) < 4.78 is 34.4. The van der Waals surface area contributed by atoms with Crippen molar-refractivity contribution < 1.29 is 59.3 Å². The average molecular weight is 203 g/mol. The molecular weight excluding hydrogens is 203 g/mol. The van der Waals surface area contributed by atoms with E-state index in [1.165, 1.54) is 0 Å². The molecule has 0 heterocycles. The fourth-order valence-corrected chi connectivity index (χ4v) is 0. The van der Waals surface area contributed by atoms with E-state index in [9.17, 15) is 0 Å². The fraction of sp³-hybridized carbons (Fsp3) is 0. The maximum absolute atomic E-state index is 8.59. The molecule has 0 saturated carbocycles. The molecule has 0 aromatic heterocycles. The monoisotopic (exact) mass is 203 g/mol. The van der Waals surface area contributed by atoms with E-state index in [2.05, 4.69) is 0 Å². The first-order valence-corrected chi connectivity index (χ1v) is 2.75. The Kier molecular flexibility index (Phi) is 11.2. The molecule has 0 unspecified atom stereocenters. The Labute approximate surface area is 59.5 Å². The summed E-state index contributed by atoms with van der Waals surface area (Å²) in [6, 6.07) is 0. The Hall–Kier alpha value is 0.875. The first-order chi connectivity index (χ1) is 2.00. The second kappa shape index (κ2) is 5.02. The van der Waals surface area contributed by atoms with Crippen molar-refractivity contribution in [3.05, 3.63) is 0 Å². The molecule has 0 fully saturated rings. The van der Waals surface area contributed by atoms with Gasteiger partial charge in [-0.3, -0.25) is 0 Å². The predicted octanol–water partition coefficient (Wildman–Crippen LogP) is -5.62. The molecule has 0 aliphatic rings. The quantitative estimate of drug-likeness (QED) is 0.393. The van der Waals surface area contributed by atoms with Gasteiger partial charge in [-0.05, 0) is 0 Å². The summed E-state index contributed by atoms with van der Waals surface area (Å²) in [6.45, 7) is 0. The van der Waals surface area contributed by atoms with E-state index in [0.717, 1.165) is 0 Å². The van der Waals surface area contributed by atoms with E-state index in [0.29, 0.717) is 0 Å². The molecule has 0 N–H and O–H groups in total. The van der Waals surface area contributed by atoms with Crippen molar-refractivity contribution in [1.29, 1.82) is 0 Å². The van der Waals surface area contributed by atoms with Gasteiger partial charge in [0.2, 0.25) is 0 Å². The second-order valence-electron chi connectivity index (χ2n) is 0.408. The van der Waals surface area contributed by atoms with Gasteiger partial charge in [-0.15, -0.1) is 0 Å². The molecular formula is ClCr2O4. The third kappa shape index (κ3) is 213. The van der Waals surface area contributed by atoms with Crippen LogP contribution in [0.3, 0.4) is 0 Å². The molecule has 0 aliphatic heterocycles. The summed E-state index contributed by atoms with van der Waals surface area (Å²) in [5.41, 5.74) is 0. The van der Waals surface area contributed by atoms with E-state index in [4.69, 9.17) is 15.9 Å². The van der Waals surface area contributed by atoms with E-state index in [-0.39, 0.29) is 29.8 Å². The molecule has 0 saturated heterocycles. The molecule has 0 aliphatic carbocycles. The van der Waals surface area contributed by atoms with E-state index in [1.807, 2.05) is 0 Å². The van der Waals surface area contributed by atoms with Crippen LogP contribution in [0.25, 0.3) is 0 Å². The van der Waals surface area contributed by atoms with Gasteiger partial charge in [0.25, 0.3) is 0 Å². The van der Waals surface area contributed by atoms with Gasteiger partial charge < -0.3 is 12.4 Å². The van der Waals surface area contributed by atoms with Crippen molar-refractivity contribution in [3.8, 4) is 0 Å². The average Bonchev–Trinajstić information content (AvgIpc) is 0.722. The van der Waals surface area contributed by atoms with Crippen LogP contribution in [0.15, 0.2) is 0 Å². The molecule has 7 heavy (non-hydrogen) atoms. The summed E-state index contributed by atoms with van der Waals surface area (Å²) in [6.07, 6.45) is 0. The number of hydrogen-bond acceptors (Lipinski definition) is 4. The zero-order valence-electron chi connectivity index (χ0n) is 2.83. The van der Waals surface area contributed by atoms with Crippen molar-refractivity contribution in [1.82, 2.24) is 0 Å². The van der Waals surface area contributed by atoms with Gasteiger partial charge in [0.05, 0.1) is 0 Å².